The molecule has 0 aromatic carbocycles. The average Bonchev–Trinajstić information content (AvgIpc) is 2.35. The van der Waals surface area contributed by atoms with Crippen LogP contribution in [-0.4, -0.2) is 34.2 Å². The lowest BCUT2D eigenvalue weighted by Crippen LogP contribution is -2.53. The lowest BCUT2D eigenvalue weighted by molar-refractivity contribution is 0.305. The molecule has 0 bridgehead atoms. The van der Waals surface area contributed by atoms with Crippen molar-refractivity contribution in [2.24, 2.45) is 0 Å². The first-order valence-electron chi connectivity index (χ1n) is 8.95. The first-order valence-corrected chi connectivity index (χ1v) is 15.3. The minimum atomic E-state index is -1.59. The Morgan fingerprint density at radius 3 is 1.50 bits per heavy atom. The maximum absolute atomic E-state index is 8.29. The summed E-state index contributed by atoms with van der Waals surface area (Å²) in [6.07, 6.45) is 2.38. The van der Waals surface area contributed by atoms with E-state index in [1.807, 2.05) is 0 Å². The van der Waals surface area contributed by atoms with Crippen LogP contribution in [0, 0.1) is 11.8 Å². The van der Waals surface area contributed by atoms with Gasteiger partial charge in [0.25, 0.3) is 0 Å². The summed E-state index contributed by atoms with van der Waals surface area (Å²) >= 11 is 5.40. The fraction of sp³-hybridized carbons (Fsp3) is 0.895. The lowest BCUT2D eigenvalue weighted by Gasteiger charge is -2.47. The van der Waals surface area contributed by atoms with Gasteiger partial charge in [-0.15, -0.1) is 23.4 Å². The normalized spacial score (nSPS) is 12.8. The summed E-state index contributed by atoms with van der Waals surface area (Å²) in [4.78, 5) is 0. The molecule has 0 radical (unpaired) electrons. The van der Waals surface area contributed by atoms with Crippen LogP contribution in [-0.2, 0) is 4.12 Å². The summed E-state index contributed by atoms with van der Waals surface area (Å²) in [6, 6.07) is 0. The van der Waals surface area contributed by atoms with Crippen molar-refractivity contribution in [1.29, 1.82) is 0 Å². The zero-order valence-corrected chi connectivity index (χ0v) is 20.5. The summed E-state index contributed by atoms with van der Waals surface area (Å²) in [5.41, 5.74) is 0. The van der Waals surface area contributed by atoms with Crippen molar-refractivity contribution in [3.63, 3.8) is 0 Å². The topological polar surface area (TPSA) is 29.5 Å². The first kappa shape index (κ1) is 26.4. The molecule has 0 aliphatic rings. The van der Waals surface area contributed by atoms with Crippen molar-refractivity contribution in [1.82, 2.24) is 0 Å². The molecule has 0 spiro atoms. The minimum absolute atomic E-state index is 0.161. The van der Waals surface area contributed by atoms with Crippen molar-refractivity contribution < 1.29 is 9.22 Å². The van der Waals surface area contributed by atoms with Crippen molar-refractivity contribution in [2.45, 2.75) is 97.1 Å². The third kappa shape index (κ3) is 10.9. The van der Waals surface area contributed by atoms with E-state index in [-0.39, 0.29) is 6.61 Å². The van der Waals surface area contributed by atoms with Gasteiger partial charge in [0, 0.05) is 18.7 Å². The lowest BCUT2D eigenvalue weighted by atomic mass is 10.2. The van der Waals surface area contributed by atoms with Gasteiger partial charge >= 0.3 is 0 Å². The number of unbranched alkanes of at least 4 members (excludes halogenated alkanes) is 1. The van der Waals surface area contributed by atoms with E-state index in [4.69, 9.17) is 20.8 Å². The Balaban J connectivity index is 0. The van der Waals surface area contributed by atoms with Crippen LogP contribution in [0.15, 0.2) is 0 Å². The maximum Gasteiger partial charge on any atom is 0.178 e. The van der Waals surface area contributed by atoms with Gasteiger partial charge in [0.05, 0.1) is 6.61 Å². The average molecular weight is 393 g/mol. The van der Waals surface area contributed by atoms with Crippen LogP contribution in [0.2, 0.25) is 36.3 Å². The van der Waals surface area contributed by atoms with Crippen LogP contribution in [0.1, 0.15) is 60.8 Å². The molecule has 24 heavy (non-hydrogen) atoms. The molecule has 5 heteroatoms. The molecule has 0 aliphatic carbocycles. The molecule has 0 aromatic heterocycles. The Morgan fingerprint density at radius 1 is 0.833 bits per heavy atom. The molecule has 0 aliphatic heterocycles. The highest BCUT2D eigenvalue weighted by Gasteiger charge is 2.46. The van der Waals surface area contributed by atoms with Crippen molar-refractivity contribution >= 4 is 28.2 Å². The highest BCUT2D eigenvalue weighted by Crippen LogP contribution is 2.44. The number of hydrogen-bond donors (Lipinski definition) is 1. The molecule has 0 rings (SSSR count). The van der Waals surface area contributed by atoms with Gasteiger partial charge in [0.2, 0.25) is 0 Å². The third-order valence-electron chi connectivity index (χ3n) is 4.92. The number of hydrogen-bond acceptors (Lipinski definition) is 2. The van der Waals surface area contributed by atoms with Crippen LogP contribution in [0.25, 0.3) is 0 Å². The van der Waals surface area contributed by atoms with E-state index in [1.165, 1.54) is 0 Å². The maximum atomic E-state index is 8.29. The van der Waals surface area contributed by atoms with Gasteiger partial charge in [-0.2, -0.15) is 0 Å². The van der Waals surface area contributed by atoms with Gasteiger partial charge in [0.1, 0.15) is 0 Å². The first-order chi connectivity index (χ1) is 10.6. The van der Waals surface area contributed by atoms with E-state index in [0.717, 1.165) is 12.8 Å². The van der Waals surface area contributed by atoms with E-state index in [2.05, 4.69) is 79.6 Å². The quantitative estimate of drug-likeness (QED) is 0.253. The third-order valence-corrected chi connectivity index (χ3v) is 16.5. The molecule has 0 amide bonds. The van der Waals surface area contributed by atoms with Crippen molar-refractivity contribution in [3.05, 3.63) is 0 Å². The Labute approximate surface area is 159 Å². The monoisotopic (exact) mass is 392 g/mol. The van der Waals surface area contributed by atoms with Crippen LogP contribution in [0.4, 0.5) is 0 Å². The van der Waals surface area contributed by atoms with E-state index in [0.29, 0.717) is 22.4 Å². The SMILES string of the molecule is CC(C)(C)[Si](C)(C)O[Si](C)(C)C(C)(C)C.OCCC#CCCCCl. The smallest absolute Gasteiger partial charge is 0.178 e. The van der Waals surface area contributed by atoms with Crippen LogP contribution in [0.5, 0.6) is 0 Å². The second-order valence-electron chi connectivity index (χ2n) is 9.24. The summed E-state index contributed by atoms with van der Waals surface area (Å²) in [6.45, 7) is 23.5. The van der Waals surface area contributed by atoms with E-state index < -0.39 is 16.6 Å². The van der Waals surface area contributed by atoms with Gasteiger partial charge < -0.3 is 9.22 Å². The molecule has 1 N–H and O–H groups in total. The zero-order chi connectivity index (χ0) is 19.7. The number of aliphatic hydroxyl groups is 1. The fourth-order valence-electron chi connectivity index (χ4n) is 1.33. The summed E-state index contributed by atoms with van der Waals surface area (Å²) in [5.74, 6) is 6.38. The second-order valence-corrected chi connectivity index (χ2v) is 19.5. The van der Waals surface area contributed by atoms with Gasteiger partial charge in [-0.1, -0.05) is 41.5 Å². The number of rotatable bonds is 5. The molecule has 0 heterocycles. The molecule has 0 saturated carbocycles. The van der Waals surface area contributed by atoms with E-state index in [1.54, 1.807) is 0 Å². The molecule has 0 fully saturated rings. The Kier molecular flexibility index (Phi) is 12.1. The van der Waals surface area contributed by atoms with Gasteiger partial charge in [-0.3, -0.25) is 0 Å². The minimum Gasteiger partial charge on any atom is -0.455 e. The summed E-state index contributed by atoms with van der Waals surface area (Å²) in [5, 5.41) is 8.94. The second kappa shape index (κ2) is 11.0. The Bertz CT molecular complexity index is 372. The zero-order valence-electron chi connectivity index (χ0n) is 17.8. The number of alkyl halides is 1. The van der Waals surface area contributed by atoms with Crippen LogP contribution in [0.3, 0.4) is 0 Å². The van der Waals surface area contributed by atoms with Crippen LogP contribution < -0.4 is 0 Å². The molecule has 0 saturated heterocycles. The van der Waals surface area contributed by atoms with Crippen molar-refractivity contribution in [2.75, 3.05) is 12.5 Å². The molecular formula is C19H41ClO2Si2. The Hall–Kier alpha value is 0.204. The summed E-state index contributed by atoms with van der Waals surface area (Å²) < 4.78 is 6.63. The number of aliphatic hydroxyl groups excluding tert-OH is 1. The molecule has 0 unspecified atom stereocenters. The molecule has 2 nitrogen and oxygen atoms in total. The van der Waals surface area contributed by atoms with E-state index >= 15 is 0 Å². The fourth-order valence-corrected chi connectivity index (χ4v) is 9.02. The van der Waals surface area contributed by atoms with Crippen molar-refractivity contribution in [3.8, 4) is 11.8 Å². The van der Waals surface area contributed by atoms with Crippen LogP contribution >= 0.6 is 11.6 Å². The highest BCUT2D eigenvalue weighted by atomic mass is 35.5. The summed E-state index contributed by atoms with van der Waals surface area (Å²) in [7, 11) is -3.18. The molecular weight excluding hydrogens is 352 g/mol. The predicted molar refractivity (Wildman–Crippen MR) is 115 cm³/mol. The standard InChI is InChI=1S/C12H30OSi2.C7H11ClO/c1-11(2,3)14(7,8)13-15(9,10)12(4,5)6;8-6-4-2-1-3-5-7-9/h1-10H3;9H,2,4-7H2. The predicted octanol–water partition coefficient (Wildman–Crippen LogP) is 6.40. The molecule has 0 atom stereocenters. The molecule has 144 valence electrons. The largest absolute Gasteiger partial charge is 0.455 e. The van der Waals surface area contributed by atoms with Gasteiger partial charge in [0.15, 0.2) is 16.6 Å². The number of halogens is 1. The van der Waals surface area contributed by atoms with E-state index in [9.17, 15) is 0 Å². The highest BCUT2D eigenvalue weighted by molar-refractivity contribution is 6.87. The molecule has 0 aromatic rings. The van der Waals surface area contributed by atoms with Gasteiger partial charge in [-0.05, 0) is 42.7 Å². The van der Waals surface area contributed by atoms with Gasteiger partial charge in [-0.25, -0.2) is 0 Å². The Morgan fingerprint density at radius 2 is 1.21 bits per heavy atom.